The number of nitrogens with one attached hydrogen (secondary N) is 2. The zero-order valence-electron chi connectivity index (χ0n) is 14.8. The van der Waals surface area contributed by atoms with Crippen molar-refractivity contribution in [2.24, 2.45) is 10.9 Å². The molecule has 138 valence electrons. The molecule has 24 heavy (non-hydrogen) atoms. The molecule has 2 aliphatic rings. The van der Waals surface area contributed by atoms with E-state index in [9.17, 15) is 9.59 Å². The summed E-state index contributed by atoms with van der Waals surface area (Å²) in [6.07, 6.45) is 7.87. The van der Waals surface area contributed by atoms with Gasteiger partial charge in [-0.15, -0.1) is 24.0 Å². The number of nitrogens with zero attached hydrogens (tertiary/aromatic N) is 2. The fourth-order valence-corrected chi connectivity index (χ4v) is 3.52. The largest absolute Gasteiger partial charge is 0.355 e. The summed E-state index contributed by atoms with van der Waals surface area (Å²) in [5.41, 5.74) is 0. The second-order valence-corrected chi connectivity index (χ2v) is 6.57. The topological polar surface area (TPSA) is 73.8 Å². The lowest BCUT2D eigenvalue weighted by Crippen LogP contribution is -2.49. The molecule has 0 spiro atoms. The van der Waals surface area contributed by atoms with Crippen LogP contribution in [0, 0.1) is 5.92 Å². The highest BCUT2D eigenvalue weighted by molar-refractivity contribution is 14.0. The van der Waals surface area contributed by atoms with Crippen LogP contribution in [0.15, 0.2) is 4.99 Å². The van der Waals surface area contributed by atoms with Crippen LogP contribution in [-0.4, -0.2) is 48.9 Å². The minimum absolute atomic E-state index is 0. The van der Waals surface area contributed by atoms with Gasteiger partial charge in [0.1, 0.15) is 0 Å². The van der Waals surface area contributed by atoms with Crippen molar-refractivity contribution in [3.8, 4) is 0 Å². The van der Waals surface area contributed by atoms with E-state index in [4.69, 9.17) is 0 Å². The highest BCUT2D eigenvalue weighted by Gasteiger charge is 2.25. The van der Waals surface area contributed by atoms with Crippen LogP contribution < -0.4 is 10.6 Å². The second-order valence-electron chi connectivity index (χ2n) is 6.57. The molecule has 0 radical (unpaired) electrons. The average molecular weight is 450 g/mol. The number of aliphatic imine (C=N–C) groups is 1. The van der Waals surface area contributed by atoms with Crippen LogP contribution in [0.3, 0.4) is 0 Å². The number of hydrogen-bond donors (Lipinski definition) is 2. The molecule has 2 amide bonds. The molecule has 6 nitrogen and oxygen atoms in total. The molecule has 1 saturated carbocycles. The van der Waals surface area contributed by atoms with E-state index >= 15 is 0 Å². The third-order valence-corrected chi connectivity index (χ3v) is 4.94. The predicted octanol–water partition coefficient (Wildman–Crippen LogP) is 2.28. The van der Waals surface area contributed by atoms with Crippen LogP contribution in [0.25, 0.3) is 0 Å². The first-order valence-corrected chi connectivity index (χ1v) is 8.94. The first-order chi connectivity index (χ1) is 11.1. The summed E-state index contributed by atoms with van der Waals surface area (Å²) in [6, 6.07) is 0.471. The van der Waals surface area contributed by atoms with Crippen molar-refractivity contribution in [1.82, 2.24) is 15.5 Å². The Balaban J connectivity index is 0.00000288. The molecule has 0 aromatic rings. The van der Waals surface area contributed by atoms with Crippen LogP contribution in [0.5, 0.6) is 0 Å². The summed E-state index contributed by atoms with van der Waals surface area (Å²) >= 11 is 0. The van der Waals surface area contributed by atoms with E-state index in [2.05, 4.69) is 22.5 Å². The minimum atomic E-state index is -0.0518. The number of halogens is 1. The maximum absolute atomic E-state index is 11.8. The molecule has 1 saturated heterocycles. The number of carbonyl (C=O) groups is 2. The van der Waals surface area contributed by atoms with E-state index < -0.39 is 0 Å². The smallest absolute Gasteiger partial charge is 0.229 e. The van der Waals surface area contributed by atoms with Crippen molar-refractivity contribution >= 4 is 41.8 Å². The molecule has 0 bridgehead atoms. The van der Waals surface area contributed by atoms with Gasteiger partial charge in [-0.25, -0.2) is 0 Å². The van der Waals surface area contributed by atoms with E-state index in [-0.39, 0.29) is 35.8 Å². The second kappa shape index (κ2) is 10.9. The van der Waals surface area contributed by atoms with E-state index in [1.165, 1.54) is 37.0 Å². The van der Waals surface area contributed by atoms with Gasteiger partial charge in [0.25, 0.3) is 0 Å². The van der Waals surface area contributed by atoms with E-state index in [0.717, 1.165) is 11.9 Å². The number of likely N-dealkylation sites (tertiary alicyclic amines) is 1. The molecular formula is C17H31IN4O2. The van der Waals surface area contributed by atoms with Crippen molar-refractivity contribution in [1.29, 1.82) is 0 Å². The van der Waals surface area contributed by atoms with E-state index in [1.807, 2.05) is 0 Å². The molecule has 2 rings (SSSR count). The minimum Gasteiger partial charge on any atom is -0.355 e. The van der Waals surface area contributed by atoms with Crippen LogP contribution in [0.4, 0.5) is 0 Å². The van der Waals surface area contributed by atoms with Crippen LogP contribution in [-0.2, 0) is 9.59 Å². The summed E-state index contributed by atoms with van der Waals surface area (Å²) in [6.45, 7) is 3.22. The van der Waals surface area contributed by atoms with Crippen LogP contribution in [0.1, 0.15) is 58.3 Å². The van der Waals surface area contributed by atoms with Crippen molar-refractivity contribution in [2.75, 3.05) is 20.1 Å². The van der Waals surface area contributed by atoms with Gasteiger partial charge in [0.2, 0.25) is 11.8 Å². The molecule has 2 unspecified atom stereocenters. The number of imide groups is 1. The fraction of sp³-hybridized carbons (Fsp3) is 0.824. The molecule has 0 aromatic carbocycles. The van der Waals surface area contributed by atoms with Gasteiger partial charge in [0.15, 0.2) is 5.96 Å². The maximum Gasteiger partial charge on any atom is 0.229 e. The SMILES string of the molecule is CCC1CCCC(NC(=NC)NCCN2C(=O)CCCC2=O)C1.I. The summed E-state index contributed by atoms with van der Waals surface area (Å²) in [5.74, 6) is 1.47. The first kappa shape index (κ1) is 21.2. The highest BCUT2D eigenvalue weighted by Crippen LogP contribution is 2.26. The van der Waals surface area contributed by atoms with Gasteiger partial charge in [0.05, 0.1) is 0 Å². The summed E-state index contributed by atoms with van der Waals surface area (Å²) < 4.78 is 0. The molecule has 1 aliphatic carbocycles. The van der Waals surface area contributed by atoms with Crippen molar-refractivity contribution < 1.29 is 9.59 Å². The summed E-state index contributed by atoms with van der Waals surface area (Å²) in [5, 5.41) is 6.71. The zero-order valence-corrected chi connectivity index (χ0v) is 17.2. The van der Waals surface area contributed by atoms with E-state index in [1.54, 1.807) is 7.05 Å². The number of amides is 2. The molecule has 2 atom stereocenters. The Morgan fingerprint density at radius 3 is 2.54 bits per heavy atom. The maximum atomic E-state index is 11.8. The van der Waals surface area contributed by atoms with Gasteiger partial charge < -0.3 is 10.6 Å². The molecule has 0 aromatic heterocycles. The van der Waals surface area contributed by atoms with Crippen molar-refractivity contribution in [2.45, 2.75) is 64.3 Å². The zero-order chi connectivity index (χ0) is 16.7. The third-order valence-electron chi connectivity index (χ3n) is 4.94. The van der Waals surface area contributed by atoms with Gasteiger partial charge in [-0.2, -0.15) is 0 Å². The Bertz CT molecular complexity index is 440. The molecule has 7 heteroatoms. The van der Waals surface area contributed by atoms with Gasteiger partial charge in [0, 0.05) is 39.0 Å². The molecular weight excluding hydrogens is 419 g/mol. The summed E-state index contributed by atoms with van der Waals surface area (Å²) in [7, 11) is 1.76. The lowest BCUT2D eigenvalue weighted by molar-refractivity contribution is -0.147. The number of guanidine groups is 1. The van der Waals surface area contributed by atoms with Gasteiger partial charge in [-0.1, -0.05) is 26.2 Å². The number of carbonyl (C=O) groups excluding carboxylic acids is 2. The lowest BCUT2D eigenvalue weighted by atomic mass is 9.84. The van der Waals surface area contributed by atoms with Crippen molar-refractivity contribution in [3.05, 3.63) is 0 Å². The molecule has 2 fully saturated rings. The highest BCUT2D eigenvalue weighted by atomic mass is 127. The standard InChI is InChI=1S/C17H30N4O2.HI/c1-3-13-6-4-7-14(12-13)20-17(18-2)19-10-11-21-15(22)8-5-9-16(21)23;/h13-14H,3-12H2,1-2H3,(H2,18,19,20);1H. The van der Waals surface area contributed by atoms with Gasteiger partial charge in [-0.3, -0.25) is 19.5 Å². The van der Waals surface area contributed by atoms with Gasteiger partial charge >= 0.3 is 0 Å². The van der Waals surface area contributed by atoms with Gasteiger partial charge in [-0.05, 0) is 25.2 Å². The Kier molecular flexibility index (Phi) is 9.61. The summed E-state index contributed by atoms with van der Waals surface area (Å²) in [4.78, 5) is 29.2. The Hall–Kier alpha value is -0.860. The number of rotatable bonds is 5. The molecule has 1 heterocycles. The fourth-order valence-electron chi connectivity index (χ4n) is 3.52. The predicted molar refractivity (Wildman–Crippen MR) is 107 cm³/mol. The average Bonchev–Trinajstić information content (AvgIpc) is 2.56. The third kappa shape index (κ3) is 6.22. The van der Waals surface area contributed by atoms with E-state index in [0.29, 0.717) is 38.4 Å². The normalized spacial score (nSPS) is 25.2. The van der Waals surface area contributed by atoms with Crippen LogP contribution in [0.2, 0.25) is 0 Å². The van der Waals surface area contributed by atoms with Crippen LogP contribution >= 0.6 is 24.0 Å². The first-order valence-electron chi connectivity index (χ1n) is 8.94. The molecule has 2 N–H and O–H groups in total. The van der Waals surface area contributed by atoms with Crippen molar-refractivity contribution in [3.63, 3.8) is 0 Å². The molecule has 1 aliphatic heterocycles. The monoisotopic (exact) mass is 450 g/mol. The number of piperidine rings is 1. The Morgan fingerprint density at radius 2 is 1.92 bits per heavy atom. The Labute approximate surface area is 162 Å². The number of hydrogen-bond acceptors (Lipinski definition) is 3. The quantitative estimate of drug-likeness (QED) is 0.292. The lowest BCUT2D eigenvalue weighted by Gasteiger charge is -2.30. The Morgan fingerprint density at radius 1 is 1.21 bits per heavy atom.